The summed E-state index contributed by atoms with van der Waals surface area (Å²) >= 11 is 0. The molecule has 0 atom stereocenters. The molecule has 0 radical (unpaired) electrons. The van der Waals surface area contributed by atoms with Crippen molar-refractivity contribution in [2.24, 2.45) is 11.7 Å². The lowest BCUT2D eigenvalue weighted by molar-refractivity contribution is -0.119. The molecule has 3 rings (SSSR count). The summed E-state index contributed by atoms with van der Waals surface area (Å²) in [7, 11) is 1.71. The van der Waals surface area contributed by atoms with Crippen LogP contribution >= 0.6 is 0 Å². The number of fused-ring (bicyclic) bond motifs is 2. The Kier molecular flexibility index (Phi) is 8.70. The fourth-order valence-corrected chi connectivity index (χ4v) is 3.41. The topological polar surface area (TPSA) is 55.6 Å². The Morgan fingerprint density at radius 1 is 1.12 bits per heavy atom. The van der Waals surface area contributed by atoms with E-state index in [0.29, 0.717) is 18.0 Å². The highest BCUT2D eigenvalue weighted by atomic mass is 16.5. The Morgan fingerprint density at radius 3 is 1.80 bits per heavy atom. The smallest absolute Gasteiger partial charge is 0.210 e. The molecular formula is C21H38N2O2. The van der Waals surface area contributed by atoms with E-state index in [1.54, 1.807) is 7.11 Å². The number of ether oxygens (including phenoxy) is 1. The number of nitrogens with two attached hydrogens (primary N) is 1. The lowest BCUT2D eigenvalue weighted by Gasteiger charge is -2.15. The second kappa shape index (κ2) is 10.0. The van der Waals surface area contributed by atoms with E-state index >= 15 is 0 Å². The third kappa shape index (κ3) is 7.23. The van der Waals surface area contributed by atoms with Crippen LogP contribution in [0, 0.1) is 5.92 Å². The number of hydrogen-bond donors (Lipinski definition) is 1. The van der Waals surface area contributed by atoms with Gasteiger partial charge in [-0.25, -0.2) is 0 Å². The Labute approximate surface area is 154 Å². The molecule has 0 aromatic carbocycles. The molecule has 0 saturated carbocycles. The highest BCUT2D eigenvalue weighted by molar-refractivity contribution is 5.50. The minimum Gasteiger partial charge on any atom is -0.399 e. The molecule has 2 aliphatic heterocycles. The van der Waals surface area contributed by atoms with Gasteiger partial charge in [-0.2, -0.15) is 0 Å². The minimum absolute atomic E-state index is 0.0417. The molecular weight excluding hydrogens is 312 g/mol. The van der Waals surface area contributed by atoms with Crippen molar-refractivity contribution >= 4 is 6.41 Å². The zero-order valence-corrected chi connectivity index (χ0v) is 17.0. The molecule has 2 bridgehead atoms. The van der Waals surface area contributed by atoms with E-state index in [0.717, 1.165) is 24.9 Å². The maximum absolute atomic E-state index is 10.4. The summed E-state index contributed by atoms with van der Waals surface area (Å²) in [4.78, 5) is 12.4. The molecule has 4 heteroatoms. The van der Waals surface area contributed by atoms with Crippen LogP contribution in [0.1, 0.15) is 73.1 Å². The number of nitrogens with zero attached hydrogens (tertiary/aromatic N) is 1. The van der Waals surface area contributed by atoms with Gasteiger partial charge in [0.25, 0.3) is 0 Å². The summed E-state index contributed by atoms with van der Waals surface area (Å²) in [6.45, 7) is 10.4. The first-order valence-electron chi connectivity index (χ1n) is 9.63. The Morgan fingerprint density at radius 2 is 1.56 bits per heavy atom. The predicted molar refractivity (Wildman–Crippen MR) is 105 cm³/mol. The summed E-state index contributed by atoms with van der Waals surface area (Å²) in [6.07, 6.45) is 12.7. The molecule has 144 valence electrons. The van der Waals surface area contributed by atoms with Gasteiger partial charge in [-0.15, -0.1) is 0 Å². The van der Waals surface area contributed by atoms with Crippen LogP contribution in [0.4, 0.5) is 0 Å². The number of carbonyl (C=O) groups excluding carboxylic acids is 1. The normalized spacial score (nSPS) is 24.7. The molecule has 0 aromatic heterocycles. The third-order valence-electron chi connectivity index (χ3n) is 5.09. The average Bonchev–Trinajstić information content (AvgIpc) is 3.15. The van der Waals surface area contributed by atoms with Crippen LogP contribution in [-0.4, -0.2) is 36.1 Å². The van der Waals surface area contributed by atoms with Gasteiger partial charge in [-0.3, -0.25) is 4.79 Å². The zero-order valence-electron chi connectivity index (χ0n) is 17.0. The highest BCUT2D eigenvalue weighted by Crippen LogP contribution is 2.35. The minimum atomic E-state index is 0.0417. The molecule has 2 fully saturated rings. The Bertz CT molecular complexity index is 455. The summed E-state index contributed by atoms with van der Waals surface area (Å²) in [5.74, 6) is 0.580. The monoisotopic (exact) mass is 350 g/mol. The first-order chi connectivity index (χ1) is 11.7. The predicted octanol–water partition coefficient (Wildman–Crippen LogP) is 4.41. The SMILES string of the molecule is CC(C)C1=CCCC=C1N.COC(C)(C)C.O=CN1C2CCC1CC2. The van der Waals surface area contributed by atoms with Gasteiger partial charge in [-0.05, 0) is 70.8 Å². The van der Waals surface area contributed by atoms with E-state index in [4.69, 9.17) is 10.5 Å². The van der Waals surface area contributed by atoms with Crippen molar-refractivity contribution < 1.29 is 9.53 Å². The summed E-state index contributed by atoms with van der Waals surface area (Å²) in [5, 5.41) is 0. The molecule has 0 spiro atoms. The molecule has 2 N–H and O–H groups in total. The first-order valence-corrected chi connectivity index (χ1v) is 9.63. The van der Waals surface area contributed by atoms with Crippen LogP contribution in [0.5, 0.6) is 0 Å². The lowest BCUT2D eigenvalue weighted by Crippen LogP contribution is -2.26. The molecule has 25 heavy (non-hydrogen) atoms. The molecule has 3 aliphatic rings. The van der Waals surface area contributed by atoms with E-state index in [1.807, 2.05) is 25.7 Å². The number of allylic oxidation sites excluding steroid dienone is 3. The van der Waals surface area contributed by atoms with Crippen molar-refractivity contribution in [2.45, 2.75) is 90.8 Å². The Balaban J connectivity index is 0.000000194. The van der Waals surface area contributed by atoms with Crippen LogP contribution in [0.25, 0.3) is 0 Å². The van der Waals surface area contributed by atoms with Crippen molar-refractivity contribution in [3.8, 4) is 0 Å². The van der Waals surface area contributed by atoms with Gasteiger partial charge in [0.15, 0.2) is 0 Å². The molecule has 0 unspecified atom stereocenters. The summed E-state index contributed by atoms with van der Waals surface area (Å²) in [6, 6.07) is 1.24. The van der Waals surface area contributed by atoms with Crippen molar-refractivity contribution in [3.05, 3.63) is 23.4 Å². The van der Waals surface area contributed by atoms with Crippen LogP contribution in [0.15, 0.2) is 23.4 Å². The molecule has 2 heterocycles. The van der Waals surface area contributed by atoms with Gasteiger partial charge >= 0.3 is 0 Å². The maximum atomic E-state index is 10.4. The number of rotatable bonds is 2. The van der Waals surface area contributed by atoms with Crippen molar-refractivity contribution in [3.63, 3.8) is 0 Å². The largest absolute Gasteiger partial charge is 0.399 e. The van der Waals surface area contributed by atoms with Crippen molar-refractivity contribution in [2.75, 3.05) is 7.11 Å². The number of carbonyl (C=O) groups is 1. The van der Waals surface area contributed by atoms with Gasteiger partial charge in [0.1, 0.15) is 0 Å². The van der Waals surface area contributed by atoms with E-state index in [1.165, 1.54) is 31.3 Å². The molecule has 0 aromatic rings. The van der Waals surface area contributed by atoms with Crippen LogP contribution in [-0.2, 0) is 9.53 Å². The summed E-state index contributed by atoms with van der Waals surface area (Å²) < 4.78 is 4.94. The second-order valence-corrected chi connectivity index (χ2v) is 8.38. The van der Waals surface area contributed by atoms with Crippen molar-refractivity contribution in [1.82, 2.24) is 4.90 Å². The number of amides is 1. The van der Waals surface area contributed by atoms with E-state index in [2.05, 4.69) is 26.0 Å². The van der Waals surface area contributed by atoms with E-state index in [-0.39, 0.29) is 5.60 Å². The van der Waals surface area contributed by atoms with Crippen LogP contribution in [0.3, 0.4) is 0 Å². The van der Waals surface area contributed by atoms with Crippen LogP contribution < -0.4 is 5.73 Å². The van der Waals surface area contributed by atoms with Gasteiger partial charge < -0.3 is 15.4 Å². The second-order valence-electron chi connectivity index (χ2n) is 8.38. The quantitative estimate of drug-likeness (QED) is 0.751. The van der Waals surface area contributed by atoms with Gasteiger partial charge in [0, 0.05) is 24.9 Å². The third-order valence-corrected chi connectivity index (χ3v) is 5.09. The molecule has 4 nitrogen and oxygen atoms in total. The lowest BCUT2D eigenvalue weighted by atomic mass is 9.94. The fourth-order valence-electron chi connectivity index (χ4n) is 3.41. The van der Waals surface area contributed by atoms with Gasteiger partial charge in [0.05, 0.1) is 5.60 Å². The fraction of sp³-hybridized carbons (Fsp3) is 0.762. The molecule has 1 amide bonds. The standard InChI is InChI=1S/C9H15N.C7H11NO.C5H12O/c1-7(2)8-5-3-4-6-9(8)10;9-5-8-6-1-2-7(8)4-3-6;1-5(2,3)6-4/h5-7H,3-4,10H2,1-2H3;5-7H,1-4H2;1-4H3. The average molecular weight is 351 g/mol. The highest BCUT2D eigenvalue weighted by Gasteiger charge is 2.37. The van der Waals surface area contributed by atoms with Crippen molar-refractivity contribution in [1.29, 1.82) is 0 Å². The molecule has 1 aliphatic carbocycles. The maximum Gasteiger partial charge on any atom is 0.210 e. The zero-order chi connectivity index (χ0) is 19.0. The number of methoxy groups -OCH3 is 1. The van der Waals surface area contributed by atoms with Gasteiger partial charge in [0.2, 0.25) is 6.41 Å². The summed E-state index contributed by atoms with van der Waals surface area (Å²) in [5.41, 5.74) is 8.13. The van der Waals surface area contributed by atoms with Gasteiger partial charge in [-0.1, -0.05) is 26.0 Å². The van der Waals surface area contributed by atoms with E-state index < -0.39 is 0 Å². The Hall–Kier alpha value is -1.29. The molecule has 2 saturated heterocycles. The van der Waals surface area contributed by atoms with Crippen LogP contribution in [0.2, 0.25) is 0 Å². The first kappa shape index (κ1) is 21.8. The number of hydrogen-bond acceptors (Lipinski definition) is 3. The van der Waals surface area contributed by atoms with E-state index in [9.17, 15) is 4.79 Å².